The summed E-state index contributed by atoms with van der Waals surface area (Å²) in [6.45, 7) is 8.25. The monoisotopic (exact) mass is 212 g/mol. The van der Waals surface area contributed by atoms with Gasteiger partial charge in [-0.05, 0) is 12.1 Å². The molecule has 0 radical (unpaired) electrons. The number of phenols is 1. The molecule has 0 amide bonds. The maximum Gasteiger partial charge on any atom is 0.339 e. The Morgan fingerprint density at radius 2 is 1.60 bits per heavy atom. The second kappa shape index (κ2) is 10.6. The number of aromatic hydroxyl groups is 1. The maximum absolute atomic E-state index is 10.3. The molecule has 0 aromatic heterocycles. The Hall–Kier alpha value is -1.51. The first-order chi connectivity index (χ1) is 7.13. The Bertz CT molecular complexity index is 269. The lowest BCUT2D eigenvalue weighted by Crippen LogP contribution is -1.95. The molecule has 3 nitrogen and oxygen atoms in total. The highest BCUT2D eigenvalue weighted by molar-refractivity contribution is 5.90. The highest BCUT2D eigenvalue weighted by atomic mass is 16.4. The fourth-order valence-electron chi connectivity index (χ4n) is 0.654. The van der Waals surface area contributed by atoms with Crippen molar-refractivity contribution in [1.82, 2.24) is 0 Å². The second-order valence-electron chi connectivity index (χ2n) is 2.53. The van der Waals surface area contributed by atoms with Gasteiger partial charge >= 0.3 is 5.97 Å². The fraction of sp³-hybridized carbons (Fsp3) is 0.417. The summed E-state index contributed by atoms with van der Waals surface area (Å²) in [6.07, 6.45) is 1.25. The van der Waals surface area contributed by atoms with E-state index in [1.165, 1.54) is 18.6 Å². The van der Waals surface area contributed by atoms with Crippen LogP contribution in [0.1, 0.15) is 44.5 Å². The topological polar surface area (TPSA) is 57.5 Å². The third-order valence-electron chi connectivity index (χ3n) is 1.13. The molecule has 0 aliphatic carbocycles. The van der Waals surface area contributed by atoms with E-state index in [-0.39, 0.29) is 11.3 Å². The van der Waals surface area contributed by atoms with Crippen LogP contribution in [0.2, 0.25) is 0 Å². The number of aromatic carboxylic acids is 1. The van der Waals surface area contributed by atoms with Crippen LogP contribution in [-0.2, 0) is 0 Å². The molecule has 0 spiro atoms. The third kappa shape index (κ3) is 7.55. The Kier molecular flexibility index (Phi) is 11.2. The van der Waals surface area contributed by atoms with E-state index in [0.717, 1.165) is 0 Å². The smallest absolute Gasteiger partial charge is 0.339 e. The summed E-state index contributed by atoms with van der Waals surface area (Å²) in [5.74, 6) is -1.31. The quantitative estimate of drug-likeness (QED) is 0.748. The number of para-hydroxylation sites is 1. The van der Waals surface area contributed by atoms with Gasteiger partial charge in [-0.2, -0.15) is 0 Å². The van der Waals surface area contributed by atoms with Crippen molar-refractivity contribution in [3.8, 4) is 5.75 Å². The lowest BCUT2D eigenvalue weighted by atomic mass is 10.2. The van der Waals surface area contributed by atoms with E-state index < -0.39 is 5.97 Å². The van der Waals surface area contributed by atoms with Gasteiger partial charge < -0.3 is 10.2 Å². The molecule has 0 atom stereocenters. The Labute approximate surface area is 91.4 Å². The minimum absolute atomic E-state index is 0.0671. The van der Waals surface area contributed by atoms with Gasteiger partial charge in [-0.1, -0.05) is 46.2 Å². The molecule has 0 saturated heterocycles. The molecule has 0 fully saturated rings. The Morgan fingerprint density at radius 1 is 1.20 bits per heavy atom. The fourth-order valence-corrected chi connectivity index (χ4v) is 0.654. The van der Waals surface area contributed by atoms with Crippen molar-refractivity contribution in [3.05, 3.63) is 29.8 Å². The van der Waals surface area contributed by atoms with Crippen molar-refractivity contribution in [1.29, 1.82) is 0 Å². The molecule has 1 rings (SSSR count). The molecular formula is C12H20O3. The molecule has 2 N–H and O–H groups in total. The average molecular weight is 212 g/mol. The molecule has 3 heteroatoms. The maximum atomic E-state index is 10.3. The minimum Gasteiger partial charge on any atom is -0.507 e. The van der Waals surface area contributed by atoms with Crippen LogP contribution in [0.4, 0.5) is 0 Å². The molecule has 1 aromatic rings. The van der Waals surface area contributed by atoms with Gasteiger partial charge in [0, 0.05) is 0 Å². The van der Waals surface area contributed by atoms with Crippen LogP contribution in [0.25, 0.3) is 0 Å². The number of rotatable bonds is 1. The number of carbonyl (C=O) groups is 1. The van der Waals surface area contributed by atoms with Gasteiger partial charge in [0.15, 0.2) is 0 Å². The van der Waals surface area contributed by atoms with Gasteiger partial charge in [0.1, 0.15) is 11.3 Å². The minimum atomic E-state index is -1.11. The first-order valence-corrected chi connectivity index (χ1v) is 5.14. The first-order valence-electron chi connectivity index (χ1n) is 5.14. The molecule has 0 heterocycles. The predicted molar refractivity (Wildman–Crippen MR) is 62.4 cm³/mol. The molecule has 0 aliphatic rings. The summed E-state index contributed by atoms with van der Waals surface area (Å²) >= 11 is 0. The van der Waals surface area contributed by atoms with Crippen molar-refractivity contribution in [2.24, 2.45) is 0 Å². The Balaban J connectivity index is 0. The molecule has 0 unspecified atom stereocenters. The molecule has 86 valence electrons. The van der Waals surface area contributed by atoms with Crippen LogP contribution in [0.3, 0.4) is 0 Å². The van der Waals surface area contributed by atoms with E-state index in [1.54, 1.807) is 12.1 Å². The van der Waals surface area contributed by atoms with Crippen LogP contribution in [0.5, 0.6) is 5.75 Å². The standard InChI is InChI=1S/C7H6O3.C3H8.C2H6/c8-6-4-2-1-3-5(6)7(9)10;1-3-2;1-2/h1-4,8H,(H,9,10);3H2,1-2H3;1-2H3. The van der Waals surface area contributed by atoms with Crippen molar-refractivity contribution >= 4 is 5.97 Å². The van der Waals surface area contributed by atoms with Crippen molar-refractivity contribution in [3.63, 3.8) is 0 Å². The second-order valence-corrected chi connectivity index (χ2v) is 2.53. The number of hydrogen-bond acceptors (Lipinski definition) is 2. The molecule has 0 bridgehead atoms. The summed E-state index contributed by atoms with van der Waals surface area (Å²) in [5, 5.41) is 17.3. The highest BCUT2D eigenvalue weighted by Gasteiger charge is 2.05. The highest BCUT2D eigenvalue weighted by Crippen LogP contribution is 2.14. The average Bonchev–Trinajstić information content (AvgIpc) is 2.22. The van der Waals surface area contributed by atoms with Gasteiger partial charge in [-0.15, -0.1) is 0 Å². The first kappa shape index (κ1) is 15.9. The third-order valence-corrected chi connectivity index (χ3v) is 1.13. The lowest BCUT2D eigenvalue weighted by Gasteiger charge is -1.95. The largest absolute Gasteiger partial charge is 0.507 e. The summed E-state index contributed by atoms with van der Waals surface area (Å²) in [4.78, 5) is 10.3. The number of hydrogen-bond donors (Lipinski definition) is 2. The molecule has 1 aromatic carbocycles. The summed E-state index contributed by atoms with van der Waals surface area (Å²) in [7, 11) is 0. The van der Waals surface area contributed by atoms with Gasteiger partial charge in [-0.25, -0.2) is 4.79 Å². The zero-order chi connectivity index (χ0) is 12.3. The van der Waals surface area contributed by atoms with E-state index in [2.05, 4.69) is 13.8 Å². The van der Waals surface area contributed by atoms with Crippen molar-refractivity contribution < 1.29 is 15.0 Å². The van der Waals surface area contributed by atoms with Crippen LogP contribution >= 0.6 is 0 Å². The number of benzene rings is 1. The van der Waals surface area contributed by atoms with Crippen LogP contribution < -0.4 is 0 Å². The van der Waals surface area contributed by atoms with Gasteiger partial charge in [-0.3, -0.25) is 0 Å². The van der Waals surface area contributed by atoms with E-state index >= 15 is 0 Å². The zero-order valence-electron chi connectivity index (χ0n) is 9.82. The van der Waals surface area contributed by atoms with Gasteiger partial charge in [0.05, 0.1) is 0 Å². The SMILES string of the molecule is CC.CCC.O=C(O)c1ccccc1O. The normalized spacial score (nSPS) is 7.73. The van der Waals surface area contributed by atoms with Crippen LogP contribution in [-0.4, -0.2) is 16.2 Å². The molecule has 15 heavy (non-hydrogen) atoms. The molecule has 0 aliphatic heterocycles. The predicted octanol–water partition coefficient (Wildman–Crippen LogP) is 3.53. The van der Waals surface area contributed by atoms with E-state index in [9.17, 15) is 4.79 Å². The number of carboxylic acids is 1. The van der Waals surface area contributed by atoms with Gasteiger partial charge in [0.25, 0.3) is 0 Å². The number of carboxylic acid groups (broad SMARTS) is 1. The van der Waals surface area contributed by atoms with E-state index in [0.29, 0.717) is 0 Å². The summed E-state index contributed by atoms with van der Waals surface area (Å²) in [5.41, 5.74) is -0.0671. The van der Waals surface area contributed by atoms with E-state index in [1.807, 2.05) is 13.8 Å². The van der Waals surface area contributed by atoms with Crippen LogP contribution in [0, 0.1) is 0 Å². The van der Waals surface area contributed by atoms with Gasteiger partial charge in [0.2, 0.25) is 0 Å². The Morgan fingerprint density at radius 3 is 1.87 bits per heavy atom. The summed E-state index contributed by atoms with van der Waals surface area (Å²) in [6, 6.07) is 5.81. The van der Waals surface area contributed by atoms with E-state index in [4.69, 9.17) is 10.2 Å². The molecular weight excluding hydrogens is 192 g/mol. The zero-order valence-corrected chi connectivity index (χ0v) is 9.82. The van der Waals surface area contributed by atoms with Crippen molar-refractivity contribution in [2.75, 3.05) is 0 Å². The molecule has 0 saturated carbocycles. The van der Waals surface area contributed by atoms with Crippen molar-refractivity contribution in [2.45, 2.75) is 34.1 Å². The summed E-state index contributed by atoms with van der Waals surface area (Å²) < 4.78 is 0. The van der Waals surface area contributed by atoms with Crippen LogP contribution in [0.15, 0.2) is 24.3 Å². The lowest BCUT2D eigenvalue weighted by molar-refractivity contribution is 0.0694.